The van der Waals surface area contributed by atoms with Gasteiger partial charge in [-0.15, -0.1) is 0 Å². The molecule has 1 heterocycles. The number of nitrogen functional groups attached to an aromatic ring is 1. The normalized spacial score (nSPS) is 10.6. The first kappa shape index (κ1) is 21.9. The Labute approximate surface area is 167 Å². The second kappa shape index (κ2) is 9.72. The third-order valence-corrected chi connectivity index (χ3v) is 4.27. The SMILES string of the molecule is CCCn1c(N)c(C(=O)COC(=O)CCOc2ccc(C)cc2)c(=O)n(C)c1=O. The third-order valence-electron chi connectivity index (χ3n) is 4.27. The molecule has 9 heteroatoms. The molecule has 0 saturated heterocycles. The zero-order chi connectivity index (χ0) is 21.6. The molecule has 0 fully saturated rings. The van der Waals surface area contributed by atoms with Crippen molar-refractivity contribution in [3.8, 4) is 5.75 Å². The quantitative estimate of drug-likeness (QED) is 0.490. The lowest BCUT2D eigenvalue weighted by Gasteiger charge is -2.14. The van der Waals surface area contributed by atoms with Crippen LogP contribution in [0.15, 0.2) is 33.9 Å². The lowest BCUT2D eigenvalue weighted by atomic mass is 10.2. The molecule has 0 aliphatic carbocycles. The number of benzene rings is 1. The number of Topliss-reactive ketones (excluding diaryl/α,β-unsaturated/α-hetero) is 1. The number of carbonyl (C=O) groups excluding carboxylic acids is 2. The molecule has 0 saturated carbocycles. The molecule has 0 atom stereocenters. The minimum absolute atomic E-state index is 0.0655. The van der Waals surface area contributed by atoms with Gasteiger partial charge in [-0.05, 0) is 25.5 Å². The molecule has 0 aliphatic heterocycles. The fourth-order valence-electron chi connectivity index (χ4n) is 2.66. The van der Waals surface area contributed by atoms with Crippen molar-refractivity contribution < 1.29 is 19.1 Å². The molecule has 0 radical (unpaired) electrons. The number of hydrogen-bond acceptors (Lipinski definition) is 7. The summed E-state index contributed by atoms with van der Waals surface area (Å²) >= 11 is 0. The molecule has 0 unspecified atom stereocenters. The van der Waals surface area contributed by atoms with E-state index in [0.29, 0.717) is 12.2 Å². The van der Waals surface area contributed by atoms with Crippen LogP contribution in [0.5, 0.6) is 5.75 Å². The molecule has 2 aromatic rings. The lowest BCUT2D eigenvalue weighted by molar-refractivity contribution is -0.143. The molecule has 0 amide bonds. The zero-order valence-corrected chi connectivity index (χ0v) is 16.8. The molecule has 0 bridgehead atoms. The van der Waals surface area contributed by atoms with Gasteiger partial charge in [-0.2, -0.15) is 0 Å². The molecule has 0 spiro atoms. The highest BCUT2D eigenvalue weighted by atomic mass is 16.5. The van der Waals surface area contributed by atoms with Gasteiger partial charge in [0.2, 0.25) is 5.78 Å². The van der Waals surface area contributed by atoms with Crippen LogP contribution < -0.4 is 21.7 Å². The maximum Gasteiger partial charge on any atom is 0.332 e. The third kappa shape index (κ3) is 5.34. The van der Waals surface area contributed by atoms with Crippen molar-refractivity contribution in [2.45, 2.75) is 33.2 Å². The van der Waals surface area contributed by atoms with Crippen molar-refractivity contribution >= 4 is 17.6 Å². The maximum atomic E-state index is 12.4. The van der Waals surface area contributed by atoms with Gasteiger partial charge in [0.15, 0.2) is 6.61 Å². The fraction of sp³-hybridized carbons (Fsp3) is 0.400. The van der Waals surface area contributed by atoms with E-state index in [9.17, 15) is 19.2 Å². The summed E-state index contributed by atoms with van der Waals surface area (Å²) in [6.07, 6.45) is 0.524. The monoisotopic (exact) mass is 403 g/mol. The number of hydrogen-bond donors (Lipinski definition) is 1. The van der Waals surface area contributed by atoms with Crippen molar-refractivity contribution in [3.05, 3.63) is 56.2 Å². The van der Waals surface area contributed by atoms with Crippen LogP contribution in [0.25, 0.3) is 0 Å². The molecular weight excluding hydrogens is 378 g/mol. The van der Waals surface area contributed by atoms with E-state index in [1.165, 1.54) is 7.05 Å². The van der Waals surface area contributed by atoms with Gasteiger partial charge < -0.3 is 15.2 Å². The van der Waals surface area contributed by atoms with Crippen molar-refractivity contribution in [1.82, 2.24) is 9.13 Å². The first-order valence-corrected chi connectivity index (χ1v) is 9.23. The number of nitrogens with two attached hydrogens (primary N) is 1. The molecule has 1 aromatic heterocycles. The minimum Gasteiger partial charge on any atom is -0.493 e. The summed E-state index contributed by atoms with van der Waals surface area (Å²) in [6.45, 7) is 3.48. The van der Waals surface area contributed by atoms with E-state index in [1.807, 2.05) is 26.0 Å². The highest BCUT2D eigenvalue weighted by Gasteiger charge is 2.22. The number of rotatable bonds is 9. The molecule has 0 aliphatic rings. The van der Waals surface area contributed by atoms with Crippen LogP contribution in [0, 0.1) is 6.92 Å². The number of carbonyl (C=O) groups is 2. The van der Waals surface area contributed by atoms with E-state index < -0.39 is 29.6 Å². The Bertz CT molecular complexity index is 1000. The van der Waals surface area contributed by atoms with Crippen LogP contribution >= 0.6 is 0 Å². The van der Waals surface area contributed by atoms with Crippen molar-refractivity contribution in [2.24, 2.45) is 7.05 Å². The van der Waals surface area contributed by atoms with Gasteiger partial charge in [-0.25, -0.2) is 4.79 Å². The molecule has 1 aromatic carbocycles. The second-order valence-electron chi connectivity index (χ2n) is 6.55. The van der Waals surface area contributed by atoms with Crippen LogP contribution in [0.3, 0.4) is 0 Å². The molecule has 156 valence electrons. The molecule has 29 heavy (non-hydrogen) atoms. The molecular formula is C20H25N3O6. The summed E-state index contributed by atoms with van der Waals surface area (Å²) < 4.78 is 12.3. The summed E-state index contributed by atoms with van der Waals surface area (Å²) in [5.74, 6) is -1.01. The summed E-state index contributed by atoms with van der Waals surface area (Å²) in [7, 11) is 1.27. The van der Waals surface area contributed by atoms with Gasteiger partial charge in [-0.1, -0.05) is 24.6 Å². The highest BCUT2D eigenvalue weighted by Crippen LogP contribution is 2.12. The first-order valence-electron chi connectivity index (χ1n) is 9.23. The summed E-state index contributed by atoms with van der Waals surface area (Å²) in [5, 5.41) is 0. The highest BCUT2D eigenvalue weighted by molar-refractivity contribution is 6.01. The standard InChI is InChI=1S/C20H25N3O6/c1-4-10-23-18(21)17(19(26)22(3)20(23)27)15(24)12-29-16(25)9-11-28-14-7-5-13(2)6-8-14/h5-8H,4,9-12,21H2,1-3H3. The topological polar surface area (TPSA) is 123 Å². The number of ether oxygens (including phenoxy) is 2. The van der Waals surface area contributed by atoms with Gasteiger partial charge in [0.1, 0.15) is 17.1 Å². The van der Waals surface area contributed by atoms with Crippen LogP contribution in [-0.2, 0) is 23.1 Å². The van der Waals surface area contributed by atoms with Crippen LogP contribution in [0.1, 0.15) is 35.7 Å². The van der Waals surface area contributed by atoms with Crippen LogP contribution in [0.2, 0.25) is 0 Å². The average Bonchev–Trinajstić information content (AvgIpc) is 2.69. The summed E-state index contributed by atoms with van der Waals surface area (Å²) in [4.78, 5) is 48.7. The predicted octanol–water partition coefficient (Wildman–Crippen LogP) is 1.04. The Kier molecular flexibility index (Phi) is 7.35. The van der Waals surface area contributed by atoms with Gasteiger partial charge in [0.05, 0.1) is 13.0 Å². The minimum atomic E-state index is -0.816. The van der Waals surface area contributed by atoms with Gasteiger partial charge in [-0.3, -0.25) is 23.5 Å². The number of ketones is 1. The van der Waals surface area contributed by atoms with Gasteiger partial charge in [0.25, 0.3) is 5.56 Å². The van der Waals surface area contributed by atoms with E-state index in [2.05, 4.69) is 0 Å². The summed E-state index contributed by atoms with van der Waals surface area (Å²) in [5.41, 5.74) is 5.19. The largest absolute Gasteiger partial charge is 0.493 e. The Hall–Kier alpha value is -3.36. The molecule has 9 nitrogen and oxygen atoms in total. The first-order chi connectivity index (χ1) is 13.8. The molecule has 2 N–H and O–H groups in total. The van der Waals surface area contributed by atoms with Crippen molar-refractivity contribution in [2.75, 3.05) is 18.9 Å². The fourth-order valence-corrected chi connectivity index (χ4v) is 2.66. The second-order valence-corrected chi connectivity index (χ2v) is 6.55. The Morgan fingerprint density at radius 3 is 2.41 bits per heavy atom. The van der Waals surface area contributed by atoms with E-state index in [4.69, 9.17) is 15.2 Å². The number of nitrogens with zero attached hydrogens (tertiary/aromatic N) is 2. The van der Waals surface area contributed by atoms with Crippen molar-refractivity contribution in [3.63, 3.8) is 0 Å². The number of aromatic nitrogens is 2. The van der Waals surface area contributed by atoms with Crippen LogP contribution in [0.4, 0.5) is 5.82 Å². The summed E-state index contributed by atoms with van der Waals surface area (Å²) in [6, 6.07) is 7.34. The Balaban J connectivity index is 1.98. The maximum absolute atomic E-state index is 12.4. The Morgan fingerprint density at radius 1 is 1.14 bits per heavy atom. The average molecular weight is 403 g/mol. The number of aryl methyl sites for hydroxylation is 1. The van der Waals surface area contributed by atoms with E-state index >= 15 is 0 Å². The Morgan fingerprint density at radius 2 is 1.79 bits per heavy atom. The van der Waals surface area contributed by atoms with E-state index in [1.54, 1.807) is 12.1 Å². The number of esters is 1. The smallest absolute Gasteiger partial charge is 0.332 e. The van der Waals surface area contributed by atoms with Gasteiger partial charge in [0, 0.05) is 13.6 Å². The van der Waals surface area contributed by atoms with E-state index in [-0.39, 0.29) is 31.0 Å². The number of anilines is 1. The van der Waals surface area contributed by atoms with Crippen molar-refractivity contribution in [1.29, 1.82) is 0 Å². The predicted molar refractivity (Wildman–Crippen MR) is 107 cm³/mol. The lowest BCUT2D eigenvalue weighted by Crippen LogP contribution is -2.43. The molecule has 2 rings (SSSR count). The van der Waals surface area contributed by atoms with E-state index in [0.717, 1.165) is 14.7 Å². The zero-order valence-electron chi connectivity index (χ0n) is 16.8. The van der Waals surface area contributed by atoms with Gasteiger partial charge >= 0.3 is 11.7 Å². The van der Waals surface area contributed by atoms with Crippen LogP contribution in [-0.4, -0.2) is 34.1 Å².